The summed E-state index contributed by atoms with van der Waals surface area (Å²) in [5.74, 6) is -1.09. The second-order valence-electron chi connectivity index (χ2n) is 8.17. The van der Waals surface area contributed by atoms with E-state index < -0.39 is 17.8 Å². The summed E-state index contributed by atoms with van der Waals surface area (Å²) in [6.45, 7) is 0.306. The predicted molar refractivity (Wildman–Crippen MR) is 130 cm³/mol. The molecule has 5 heterocycles. The largest absolute Gasteiger partial charge is 0.477 e. The number of fused-ring (bicyclic) bond motifs is 1. The van der Waals surface area contributed by atoms with Crippen LogP contribution in [0.2, 0.25) is 5.02 Å². The summed E-state index contributed by atoms with van der Waals surface area (Å²) in [6, 6.07) is 6.31. The van der Waals surface area contributed by atoms with Gasteiger partial charge in [-0.05, 0) is 24.6 Å². The van der Waals surface area contributed by atoms with Crippen molar-refractivity contribution >= 4 is 34.6 Å². The number of anilines is 1. The van der Waals surface area contributed by atoms with Gasteiger partial charge in [-0.3, -0.25) is 9.36 Å². The van der Waals surface area contributed by atoms with Crippen LogP contribution < -0.4 is 16.1 Å². The maximum Gasteiger partial charge on any atom is 0.348 e. The Balaban J connectivity index is 1.36. The summed E-state index contributed by atoms with van der Waals surface area (Å²) in [7, 11) is 0. The number of aryl methyl sites for hydroxylation is 1. The van der Waals surface area contributed by atoms with Gasteiger partial charge >= 0.3 is 5.97 Å². The first-order valence-corrected chi connectivity index (χ1v) is 12.0. The van der Waals surface area contributed by atoms with Crippen molar-refractivity contribution < 1.29 is 14.3 Å². The fraction of sp³-hybridized carbons (Fsp3) is 0.182. The van der Waals surface area contributed by atoms with E-state index in [0.717, 1.165) is 17.0 Å². The molecule has 2 aliphatic heterocycles. The van der Waals surface area contributed by atoms with Crippen molar-refractivity contribution in [2.45, 2.75) is 18.9 Å². The Morgan fingerprint density at radius 2 is 2.14 bits per heavy atom. The number of carboxylic acid groups (broad SMARTS) is 1. The highest BCUT2D eigenvalue weighted by molar-refractivity contribution is 7.12. The quantitative estimate of drug-likeness (QED) is 0.356. The van der Waals surface area contributed by atoms with Gasteiger partial charge < -0.3 is 10.1 Å². The Morgan fingerprint density at radius 3 is 2.89 bits per heavy atom. The van der Waals surface area contributed by atoms with Crippen molar-refractivity contribution in [3.63, 3.8) is 0 Å². The number of H-pyrrole nitrogens is 1. The number of nitrogens with zero attached hydrogens (tertiary/aromatic N) is 6. The van der Waals surface area contributed by atoms with Gasteiger partial charge in [-0.1, -0.05) is 16.8 Å². The van der Waals surface area contributed by atoms with Crippen LogP contribution in [0.4, 0.5) is 10.1 Å². The molecule has 14 heteroatoms. The van der Waals surface area contributed by atoms with Gasteiger partial charge in [0.05, 0.1) is 29.3 Å². The topological polar surface area (TPSA) is 141 Å². The molecule has 0 fully saturated rings. The SMILES string of the molecule is O=C(O)c1scc(-c2cnc(C3CCc4nc(-c5cc(Cl)ccc5N5CN=NN5)cc(=O)n43)[nH]2)c1F. The zero-order chi connectivity index (χ0) is 25.0. The Hall–Kier alpha value is -4.10. The number of aromatic carboxylic acids is 1. The summed E-state index contributed by atoms with van der Waals surface area (Å²) in [5, 5.41) is 20.4. The highest BCUT2D eigenvalue weighted by atomic mass is 35.5. The number of nitrogens with one attached hydrogen (secondary N) is 2. The molecule has 0 saturated carbocycles. The molecular formula is C22H16ClFN8O3S. The Bertz CT molecular complexity index is 1610. The third-order valence-electron chi connectivity index (χ3n) is 6.07. The first kappa shape index (κ1) is 22.4. The highest BCUT2D eigenvalue weighted by Crippen LogP contribution is 2.35. The highest BCUT2D eigenvalue weighted by Gasteiger charge is 2.30. The van der Waals surface area contributed by atoms with Crippen LogP contribution in [0, 0.1) is 5.82 Å². The van der Waals surface area contributed by atoms with Crippen LogP contribution in [0.15, 0.2) is 51.0 Å². The molecule has 2 aliphatic rings. The fourth-order valence-electron chi connectivity index (χ4n) is 4.44. The lowest BCUT2D eigenvalue weighted by molar-refractivity contribution is 0.0698. The Kier molecular flexibility index (Phi) is 5.30. The number of aromatic nitrogens is 4. The third-order valence-corrected chi connectivity index (χ3v) is 7.25. The van der Waals surface area contributed by atoms with Crippen LogP contribution in [0.5, 0.6) is 0 Å². The number of carbonyl (C=O) groups is 1. The van der Waals surface area contributed by atoms with Gasteiger partial charge in [0, 0.05) is 34.0 Å². The van der Waals surface area contributed by atoms with Crippen molar-refractivity contribution in [3.05, 3.63) is 73.6 Å². The third kappa shape index (κ3) is 3.63. The van der Waals surface area contributed by atoms with Crippen molar-refractivity contribution in [2.24, 2.45) is 10.3 Å². The van der Waals surface area contributed by atoms with E-state index in [2.05, 4.69) is 25.8 Å². The normalized spacial score (nSPS) is 16.4. The minimum atomic E-state index is -1.33. The van der Waals surface area contributed by atoms with E-state index in [1.54, 1.807) is 27.8 Å². The molecule has 36 heavy (non-hydrogen) atoms. The van der Waals surface area contributed by atoms with Gasteiger partial charge in [-0.2, -0.15) is 5.53 Å². The zero-order valence-electron chi connectivity index (χ0n) is 18.3. The predicted octanol–water partition coefficient (Wildman–Crippen LogP) is 4.04. The number of carboxylic acids is 1. The van der Waals surface area contributed by atoms with Crippen molar-refractivity contribution in [1.82, 2.24) is 25.1 Å². The summed E-state index contributed by atoms with van der Waals surface area (Å²) in [4.78, 5) is 36.3. The number of thiophene rings is 1. The number of hydrogen-bond donors (Lipinski definition) is 3. The fourth-order valence-corrected chi connectivity index (χ4v) is 5.40. The summed E-state index contributed by atoms with van der Waals surface area (Å²) >= 11 is 7.05. The van der Waals surface area contributed by atoms with E-state index in [4.69, 9.17) is 21.7 Å². The second-order valence-corrected chi connectivity index (χ2v) is 9.49. The monoisotopic (exact) mass is 526 g/mol. The van der Waals surface area contributed by atoms with E-state index in [-0.39, 0.29) is 16.0 Å². The molecule has 1 atom stereocenters. The lowest BCUT2D eigenvalue weighted by Gasteiger charge is -2.19. The van der Waals surface area contributed by atoms with Crippen LogP contribution >= 0.6 is 22.9 Å². The average molecular weight is 527 g/mol. The first-order chi connectivity index (χ1) is 17.4. The van der Waals surface area contributed by atoms with Gasteiger partial charge in [0.15, 0.2) is 12.5 Å². The standard InChI is InChI=1S/C22H16ClFN8O3S/c23-10-1-2-15(31-9-26-29-30-31)11(5-10)13-6-18(33)32-16(3-4-17(32)27-13)21-25-7-14(28-21)12-8-36-20(19(12)24)22(34)35/h1-2,5-8,16H,3-4,9H2,(H,25,28)(H,26,30)(H,34,35). The van der Waals surface area contributed by atoms with Crippen LogP contribution in [0.1, 0.15) is 33.8 Å². The number of halogens is 2. The molecule has 0 radical (unpaired) electrons. The number of rotatable bonds is 5. The molecule has 0 bridgehead atoms. The van der Waals surface area contributed by atoms with E-state index in [9.17, 15) is 14.0 Å². The van der Waals surface area contributed by atoms with Crippen LogP contribution in [-0.4, -0.2) is 37.3 Å². The molecule has 0 spiro atoms. The summed E-state index contributed by atoms with van der Waals surface area (Å²) in [5.41, 5.74) is 4.85. The van der Waals surface area contributed by atoms with E-state index in [1.807, 2.05) is 0 Å². The van der Waals surface area contributed by atoms with E-state index in [1.165, 1.54) is 17.6 Å². The molecule has 11 nitrogen and oxygen atoms in total. The summed E-state index contributed by atoms with van der Waals surface area (Å²) < 4.78 is 16.1. The van der Waals surface area contributed by atoms with Crippen molar-refractivity contribution in [1.29, 1.82) is 0 Å². The average Bonchev–Trinajstić information content (AvgIpc) is 3.64. The Labute approximate surface area is 210 Å². The molecule has 0 aliphatic carbocycles. The molecule has 4 aromatic rings. The van der Waals surface area contributed by atoms with E-state index >= 15 is 0 Å². The number of benzene rings is 1. The molecule has 182 valence electrons. The molecule has 1 aromatic carbocycles. The van der Waals surface area contributed by atoms with Gasteiger partial charge in [0.1, 0.15) is 16.5 Å². The van der Waals surface area contributed by atoms with Crippen molar-refractivity contribution in [2.75, 3.05) is 11.7 Å². The van der Waals surface area contributed by atoms with Gasteiger partial charge in [-0.25, -0.2) is 24.2 Å². The zero-order valence-corrected chi connectivity index (χ0v) is 19.8. The van der Waals surface area contributed by atoms with Gasteiger partial charge in [-0.15, -0.1) is 16.5 Å². The van der Waals surface area contributed by atoms with Crippen LogP contribution in [0.3, 0.4) is 0 Å². The number of aromatic amines is 1. The lowest BCUT2D eigenvalue weighted by atomic mass is 10.1. The smallest absolute Gasteiger partial charge is 0.348 e. The molecule has 0 amide bonds. The number of imidazole rings is 1. The van der Waals surface area contributed by atoms with Crippen molar-refractivity contribution in [3.8, 4) is 22.5 Å². The first-order valence-electron chi connectivity index (χ1n) is 10.8. The Morgan fingerprint density at radius 1 is 1.28 bits per heavy atom. The van der Waals surface area contributed by atoms with E-state index in [0.29, 0.717) is 53.1 Å². The van der Waals surface area contributed by atoms with Crippen LogP contribution in [-0.2, 0) is 6.42 Å². The number of hydrogen-bond acceptors (Lipinski definition) is 9. The maximum atomic E-state index is 14.5. The molecule has 1 unspecified atom stereocenters. The molecular weight excluding hydrogens is 511 g/mol. The minimum absolute atomic E-state index is 0.123. The molecule has 3 aromatic heterocycles. The molecule has 6 rings (SSSR count). The second kappa shape index (κ2) is 8.53. The minimum Gasteiger partial charge on any atom is -0.477 e. The van der Waals surface area contributed by atoms with Gasteiger partial charge in [0.25, 0.3) is 5.56 Å². The summed E-state index contributed by atoms with van der Waals surface area (Å²) in [6.07, 6.45) is 2.54. The molecule has 3 N–H and O–H groups in total. The van der Waals surface area contributed by atoms with Gasteiger partial charge in [0.2, 0.25) is 0 Å². The maximum absolute atomic E-state index is 14.5. The van der Waals surface area contributed by atoms with Crippen LogP contribution in [0.25, 0.3) is 22.5 Å². The lowest BCUT2D eigenvalue weighted by Crippen LogP contribution is -2.30. The molecule has 0 saturated heterocycles. The number of hydrazine groups is 1.